The minimum atomic E-state index is -6.38. The summed E-state index contributed by atoms with van der Waals surface area (Å²) in [5, 5.41) is 3.20. The first-order valence-corrected chi connectivity index (χ1v) is 10.6. The van der Waals surface area contributed by atoms with Crippen molar-refractivity contribution >= 4 is 26.3 Å². The molecule has 0 aromatic heterocycles. The van der Waals surface area contributed by atoms with E-state index >= 15 is 0 Å². The molecule has 1 aliphatic heterocycles. The van der Waals surface area contributed by atoms with Crippen molar-refractivity contribution in [2.45, 2.75) is 23.8 Å². The molecule has 1 aliphatic rings. The number of oxime groups is 1. The van der Waals surface area contributed by atoms with Gasteiger partial charge in [0.2, 0.25) is 0 Å². The van der Waals surface area contributed by atoms with Crippen molar-refractivity contribution < 1.29 is 52.8 Å². The molecule has 0 saturated heterocycles. The molecule has 0 fully saturated rings. The summed E-state index contributed by atoms with van der Waals surface area (Å²) in [5.41, 5.74) is -11.9. The number of alkyl halides is 6. The maximum Gasteiger partial charge on any atom is 0.516 e. The number of ether oxygens (including phenoxy) is 1. The first kappa shape index (κ1) is 24.6. The normalized spacial score (nSPS) is 17.4. The van der Waals surface area contributed by atoms with E-state index in [4.69, 9.17) is 4.74 Å². The second-order valence-electron chi connectivity index (χ2n) is 5.79. The average molecular weight is 497 g/mol. The zero-order valence-corrected chi connectivity index (χ0v) is 17.0. The summed E-state index contributed by atoms with van der Waals surface area (Å²) in [6, 6.07) is 5.81. The van der Waals surface area contributed by atoms with Gasteiger partial charge < -0.3 is 9.57 Å². The molecular formula is C14H13F6N3O6S2. The number of halogens is 6. The molecule has 0 spiro atoms. The average Bonchev–Trinajstić information content (AvgIpc) is 2.98. The van der Waals surface area contributed by atoms with Gasteiger partial charge >= 0.3 is 36.9 Å². The third-order valence-corrected chi connectivity index (χ3v) is 6.94. The lowest BCUT2D eigenvalue weighted by molar-refractivity contribution is -0.150. The molecule has 1 aromatic rings. The zero-order valence-electron chi connectivity index (χ0n) is 15.4. The minimum Gasteiger partial charge on any atom is -0.496 e. The van der Waals surface area contributed by atoms with E-state index in [0.29, 0.717) is 6.92 Å². The van der Waals surface area contributed by atoms with Crippen LogP contribution in [0, 0.1) is 0 Å². The van der Waals surface area contributed by atoms with Crippen molar-refractivity contribution in [2.24, 2.45) is 5.16 Å². The number of nitrogens with zero attached hydrogens (tertiary/aromatic N) is 3. The van der Waals surface area contributed by atoms with Gasteiger partial charge in [-0.1, -0.05) is 17.3 Å². The number of para-hydroxylation sites is 1. The van der Waals surface area contributed by atoms with Gasteiger partial charge in [-0.2, -0.15) is 43.2 Å². The largest absolute Gasteiger partial charge is 0.516 e. The van der Waals surface area contributed by atoms with Crippen molar-refractivity contribution in [2.75, 3.05) is 7.11 Å². The SMILES string of the molecule is COc1ccccc1/C=N/OC1(C)N(S(=O)(=O)C(F)(F)F)C=CN1S(=O)(=O)C(F)(F)F. The number of rotatable bonds is 6. The molecule has 0 bridgehead atoms. The van der Waals surface area contributed by atoms with Crippen LogP contribution in [-0.4, -0.2) is 55.6 Å². The molecule has 9 nitrogen and oxygen atoms in total. The van der Waals surface area contributed by atoms with E-state index in [1.807, 2.05) is 0 Å². The van der Waals surface area contributed by atoms with E-state index in [-0.39, 0.29) is 23.7 Å². The van der Waals surface area contributed by atoms with Crippen LogP contribution in [0.3, 0.4) is 0 Å². The molecule has 1 heterocycles. The van der Waals surface area contributed by atoms with Crippen LogP contribution in [0.25, 0.3) is 0 Å². The molecule has 0 N–H and O–H groups in total. The second-order valence-corrected chi connectivity index (χ2v) is 9.41. The van der Waals surface area contributed by atoms with Crippen molar-refractivity contribution in [1.82, 2.24) is 8.61 Å². The second kappa shape index (κ2) is 7.77. The van der Waals surface area contributed by atoms with Crippen LogP contribution < -0.4 is 4.74 Å². The fraction of sp³-hybridized carbons (Fsp3) is 0.357. The van der Waals surface area contributed by atoms with Gasteiger partial charge in [0, 0.05) is 24.9 Å². The third-order valence-electron chi connectivity index (χ3n) is 3.81. The Morgan fingerprint density at radius 1 is 0.935 bits per heavy atom. The lowest BCUT2D eigenvalue weighted by Gasteiger charge is -2.38. The van der Waals surface area contributed by atoms with Crippen LogP contribution in [0.2, 0.25) is 0 Å². The predicted octanol–water partition coefficient (Wildman–Crippen LogP) is 2.51. The van der Waals surface area contributed by atoms with Gasteiger partial charge in [-0.3, -0.25) is 0 Å². The lowest BCUT2D eigenvalue weighted by atomic mass is 10.2. The zero-order chi connectivity index (χ0) is 23.9. The van der Waals surface area contributed by atoms with Crippen LogP contribution in [0.15, 0.2) is 41.8 Å². The van der Waals surface area contributed by atoms with Gasteiger partial charge in [0.1, 0.15) is 5.75 Å². The van der Waals surface area contributed by atoms with Crippen LogP contribution in [-0.2, 0) is 24.9 Å². The van der Waals surface area contributed by atoms with Gasteiger partial charge in [0.05, 0.1) is 13.3 Å². The summed E-state index contributed by atoms with van der Waals surface area (Å²) >= 11 is 0. The fourth-order valence-electron chi connectivity index (χ4n) is 2.36. The Morgan fingerprint density at radius 2 is 1.39 bits per heavy atom. The summed E-state index contributed by atoms with van der Waals surface area (Å²) in [7, 11) is -11.5. The highest BCUT2D eigenvalue weighted by atomic mass is 32.2. The number of hydrogen-bond donors (Lipinski definition) is 0. The van der Waals surface area contributed by atoms with E-state index in [1.54, 1.807) is 0 Å². The molecule has 0 aliphatic carbocycles. The van der Waals surface area contributed by atoms with Crippen molar-refractivity contribution in [1.29, 1.82) is 0 Å². The van der Waals surface area contributed by atoms with Crippen molar-refractivity contribution in [3.05, 3.63) is 42.2 Å². The fourth-order valence-corrected chi connectivity index (χ4v) is 4.42. The summed E-state index contributed by atoms with van der Waals surface area (Å²) in [6.45, 7) is 0.346. The molecule has 0 radical (unpaired) electrons. The predicted molar refractivity (Wildman–Crippen MR) is 92.8 cm³/mol. The van der Waals surface area contributed by atoms with Gasteiger partial charge in [0.15, 0.2) is 0 Å². The first-order valence-electron chi connectivity index (χ1n) is 7.74. The Hall–Kier alpha value is -2.69. The highest BCUT2D eigenvalue weighted by Crippen LogP contribution is 2.42. The highest BCUT2D eigenvalue weighted by Gasteiger charge is 2.65. The molecular weight excluding hydrogens is 484 g/mol. The van der Waals surface area contributed by atoms with Gasteiger partial charge in [-0.05, 0) is 12.1 Å². The van der Waals surface area contributed by atoms with E-state index < -0.39 is 45.5 Å². The maximum absolute atomic E-state index is 13.0. The molecule has 0 atom stereocenters. The van der Waals surface area contributed by atoms with E-state index in [2.05, 4.69) is 9.99 Å². The minimum absolute atomic E-state index is 0.0370. The van der Waals surface area contributed by atoms with Crippen LogP contribution in [0.5, 0.6) is 5.75 Å². The quantitative estimate of drug-likeness (QED) is 0.340. The van der Waals surface area contributed by atoms with E-state index in [1.165, 1.54) is 31.4 Å². The topological polar surface area (TPSA) is 106 Å². The molecule has 0 saturated carbocycles. The first-order chi connectivity index (χ1) is 14.0. The number of hydrogen-bond acceptors (Lipinski definition) is 7. The smallest absolute Gasteiger partial charge is 0.496 e. The monoisotopic (exact) mass is 497 g/mol. The van der Waals surface area contributed by atoms with Gasteiger partial charge in [-0.25, -0.2) is 8.61 Å². The summed E-state index contributed by atoms with van der Waals surface area (Å²) in [6.07, 6.45) is 0.703. The van der Waals surface area contributed by atoms with Crippen molar-refractivity contribution in [3.8, 4) is 5.75 Å². The van der Waals surface area contributed by atoms with Crippen LogP contribution >= 0.6 is 0 Å². The number of sulfonamides is 2. The van der Waals surface area contributed by atoms with Crippen molar-refractivity contribution in [3.63, 3.8) is 0 Å². The standard InChI is InChI=1S/C14H13F6N3O6S2/c1-12(29-21-9-10-5-3-4-6-11(10)28-2)22(30(24,25)13(15,16)17)7-8-23(12)31(26,27)14(18,19)20/h3-9H,1-2H3/b21-9+. The Morgan fingerprint density at radius 3 is 1.81 bits per heavy atom. The molecule has 17 heteroatoms. The van der Waals surface area contributed by atoms with Crippen LogP contribution in [0.1, 0.15) is 12.5 Å². The van der Waals surface area contributed by atoms with E-state index in [9.17, 15) is 43.2 Å². The summed E-state index contributed by atoms with van der Waals surface area (Å²) < 4.78 is 129. The molecule has 1 aromatic carbocycles. The Bertz CT molecular complexity index is 1040. The molecule has 31 heavy (non-hydrogen) atoms. The molecule has 0 unspecified atom stereocenters. The summed E-state index contributed by atoms with van der Waals surface area (Å²) in [5.74, 6) is -3.25. The Kier molecular flexibility index (Phi) is 6.16. The Balaban J connectivity index is 2.56. The Labute approximate surface area is 172 Å². The van der Waals surface area contributed by atoms with E-state index in [0.717, 1.165) is 6.21 Å². The third kappa shape index (κ3) is 4.23. The molecule has 0 amide bonds. The van der Waals surface area contributed by atoms with Crippen LogP contribution in [0.4, 0.5) is 26.3 Å². The lowest BCUT2D eigenvalue weighted by Crippen LogP contribution is -2.59. The van der Waals surface area contributed by atoms with Gasteiger partial charge in [-0.15, -0.1) is 0 Å². The van der Waals surface area contributed by atoms with Gasteiger partial charge in [0.25, 0.3) is 0 Å². The summed E-state index contributed by atoms with van der Waals surface area (Å²) in [4.78, 5) is 4.63. The molecule has 174 valence electrons. The number of benzene rings is 1. The maximum atomic E-state index is 13.0. The number of methoxy groups -OCH3 is 1. The molecule has 2 rings (SSSR count). The highest BCUT2D eigenvalue weighted by molar-refractivity contribution is 7.91.